The molecule has 1 aliphatic heterocycles. The number of likely N-dealkylation sites (tertiary alicyclic amines) is 1. The number of carbonyl (C=O) groups is 1. The van der Waals surface area contributed by atoms with Crippen molar-refractivity contribution in [3.05, 3.63) is 24.2 Å². The number of hydrogen-bond acceptors (Lipinski definition) is 7. The van der Waals surface area contributed by atoms with E-state index in [-0.39, 0.29) is 18.4 Å². The van der Waals surface area contributed by atoms with Crippen LogP contribution in [0.3, 0.4) is 0 Å². The van der Waals surface area contributed by atoms with Gasteiger partial charge in [0.2, 0.25) is 11.9 Å². The summed E-state index contributed by atoms with van der Waals surface area (Å²) in [6, 6.07) is 2.07. The van der Waals surface area contributed by atoms with Crippen LogP contribution in [0.1, 0.15) is 25.3 Å². The Kier molecular flexibility index (Phi) is 5.78. The number of likely N-dealkylation sites (N-methyl/N-ethyl adjacent to an activating group) is 1. The molecule has 1 saturated heterocycles. The number of aryl methyl sites for hydroxylation is 2. The maximum atomic E-state index is 12.2. The van der Waals surface area contributed by atoms with Gasteiger partial charge < -0.3 is 15.1 Å². The number of rotatable bonds is 5. The number of hydrogen-bond donors (Lipinski definition) is 1. The molecule has 3 rings (SSSR count). The molecule has 1 N–H and O–H groups in total. The zero-order chi connectivity index (χ0) is 20.3. The smallest absolute Gasteiger partial charge is 0.236 e. The molecule has 0 bridgehead atoms. The third-order valence-corrected chi connectivity index (χ3v) is 5.24. The van der Waals surface area contributed by atoms with E-state index in [1.807, 2.05) is 33.3 Å². The Hall–Kier alpha value is -3.15. The van der Waals surface area contributed by atoms with Gasteiger partial charge in [-0.25, -0.2) is 4.98 Å². The zero-order valence-corrected chi connectivity index (χ0v) is 16.8. The van der Waals surface area contributed by atoms with Crippen LogP contribution in [0.5, 0.6) is 0 Å². The number of nitriles is 1. The summed E-state index contributed by atoms with van der Waals surface area (Å²) >= 11 is 0. The third-order valence-electron chi connectivity index (χ3n) is 5.24. The average molecular weight is 382 g/mol. The Labute approximate surface area is 165 Å². The van der Waals surface area contributed by atoms with Gasteiger partial charge in [-0.15, -0.1) is 0 Å². The minimum Gasteiger partial charge on any atom is -0.354 e. The van der Waals surface area contributed by atoms with Crippen molar-refractivity contribution in [2.24, 2.45) is 13.0 Å². The van der Waals surface area contributed by atoms with E-state index in [1.54, 1.807) is 22.0 Å². The fourth-order valence-electron chi connectivity index (χ4n) is 3.58. The second kappa shape index (κ2) is 8.25. The first-order valence-corrected chi connectivity index (χ1v) is 9.36. The highest BCUT2D eigenvalue weighted by atomic mass is 16.2. The van der Waals surface area contributed by atoms with Crippen LogP contribution < -0.4 is 10.2 Å². The molecule has 9 nitrogen and oxygen atoms in total. The lowest BCUT2D eigenvalue weighted by Crippen LogP contribution is -2.53. The van der Waals surface area contributed by atoms with E-state index in [4.69, 9.17) is 10.2 Å². The highest BCUT2D eigenvalue weighted by Gasteiger charge is 2.32. The maximum absolute atomic E-state index is 12.2. The molecule has 148 valence electrons. The van der Waals surface area contributed by atoms with Crippen LogP contribution in [0, 0.1) is 24.2 Å². The van der Waals surface area contributed by atoms with E-state index in [0.29, 0.717) is 25.0 Å². The molecule has 0 spiro atoms. The lowest BCUT2D eigenvalue weighted by Gasteiger charge is -2.42. The summed E-state index contributed by atoms with van der Waals surface area (Å²) in [6.07, 6.45) is 6.19. The average Bonchev–Trinajstić information content (AvgIpc) is 3.08. The summed E-state index contributed by atoms with van der Waals surface area (Å²) in [5.74, 6) is 1.63. The number of nitrogens with one attached hydrogen (secondary N) is 1. The molecular formula is C19H26N8O. The number of nitrogens with zero attached hydrogens (tertiary/aromatic N) is 7. The van der Waals surface area contributed by atoms with E-state index < -0.39 is 0 Å². The Morgan fingerprint density at radius 3 is 2.93 bits per heavy atom. The minimum absolute atomic E-state index is 0.0729. The van der Waals surface area contributed by atoms with Crippen molar-refractivity contribution < 1.29 is 4.79 Å². The van der Waals surface area contributed by atoms with Crippen molar-refractivity contribution in [3.63, 3.8) is 0 Å². The number of amides is 1. The lowest BCUT2D eigenvalue weighted by molar-refractivity contribution is -0.131. The maximum Gasteiger partial charge on any atom is 0.236 e. The number of aromatic nitrogens is 4. The normalized spacial score (nSPS) is 19.2. The molecule has 1 amide bonds. The van der Waals surface area contributed by atoms with E-state index >= 15 is 0 Å². The Morgan fingerprint density at radius 2 is 2.25 bits per heavy atom. The van der Waals surface area contributed by atoms with Crippen molar-refractivity contribution in [2.75, 3.05) is 30.4 Å². The van der Waals surface area contributed by atoms with Gasteiger partial charge in [-0.05, 0) is 19.3 Å². The van der Waals surface area contributed by atoms with E-state index in [9.17, 15) is 4.79 Å². The van der Waals surface area contributed by atoms with E-state index in [1.165, 1.54) is 0 Å². The van der Waals surface area contributed by atoms with E-state index in [0.717, 1.165) is 23.5 Å². The molecule has 3 heterocycles. The summed E-state index contributed by atoms with van der Waals surface area (Å²) in [7, 11) is 3.85. The van der Waals surface area contributed by atoms with Gasteiger partial charge in [0.25, 0.3) is 0 Å². The molecule has 0 aromatic carbocycles. The highest BCUT2D eigenvalue weighted by molar-refractivity contribution is 5.78. The first-order chi connectivity index (χ1) is 13.4. The van der Waals surface area contributed by atoms with Gasteiger partial charge >= 0.3 is 0 Å². The van der Waals surface area contributed by atoms with Gasteiger partial charge in [-0.1, -0.05) is 6.92 Å². The Morgan fingerprint density at radius 1 is 1.46 bits per heavy atom. The largest absolute Gasteiger partial charge is 0.354 e. The summed E-state index contributed by atoms with van der Waals surface area (Å²) in [4.78, 5) is 25.2. The minimum atomic E-state index is -0.105. The second-order valence-corrected chi connectivity index (χ2v) is 7.35. The lowest BCUT2D eigenvalue weighted by atomic mass is 9.92. The van der Waals surface area contributed by atoms with Gasteiger partial charge in [0, 0.05) is 45.1 Å². The Balaban J connectivity index is 1.80. The number of anilines is 3. The molecule has 2 atom stereocenters. The zero-order valence-electron chi connectivity index (χ0n) is 16.8. The van der Waals surface area contributed by atoms with Gasteiger partial charge in [-0.2, -0.15) is 15.3 Å². The van der Waals surface area contributed by atoms with Crippen molar-refractivity contribution in [2.45, 2.75) is 32.7 Å². The fraction of sp³-hybridized carbons (Fsp3) is 0.526. The molecule has 0 aliphatic carbocycles. The summed E-state index contributed by atoms with van der Waals surface area (Å²) in [6.45, 7) is 5.46. The molecule has 2 aromatic heterocycles. The molecule has 9 heteroatoms. The standard InChI is InChI=1S/C19H26N8O/c1-13-6-8-27(17(28)5-7-20)12-16(13)26(4)18-14(2)9-21-19(24-18)23-15-10-22-25(3)11-15/h9-11,13,16H,5-6,8,12H2,1-4H3,(H,21,23,24)/t13-,16+/m1/s1. The molecule has 0 saturated carbocycles. The second-order valence-electron chi connectivity index (χ2n) is 7.35. The van der Waals surface area contributed by atoms with Crippen molar-refractivity contribution in [3.8, 4) is 6.07 Å². The van der Waals surface area contributed by atoms with Crippen molar-refractivity contribution in [1.29, 1.82) is 5.26 Å². The molecule has 1 fully saturated rings. The molecule has 28 heavy (non-hydrogen) atoms. The summed E-state index contributed by atoms with van der Waals surface area (Å²) in [5.41, 5.74) is 1.78. The molecule has 1 aliphatic rings. The van der Waals surface area contributed by atoms with E-state index in [2.05, 4.69) is 27.2 Å². The predicted octanol–water partition coefficient (Wildman–Crippen LogP) is 1.85. The molecule has 0 unspecified atom stereocenters. The third kappa shape index (κ3) is 4.22. The molecular weight excluding hydrogens is 356 g/mol. The van der Waals surface area contributed by atoms with Crippen LogP contribution in [0.25, 0.3) is 0 Å². The van der Waals surface area contributed by atoms with Crippen LogP contribution in [0.15, 0.2) is 18.6 Å². The topological polar surface area (TPSA) is 103 Å². The molecule has 2 aromatic rings. The van der Waals surface area contributed by atoms with Crippen LogP contribution in [0.4, 0.5) is 17.5 Å². The number of carbonyl (C=O) groups excluding carboxylic acids is 1. The monoisotopic (exact) mass is 382 g/mol. The summed E-state index contributed by atoms with van der Waals surface area (Å²) in [5, 5.41) is 16.1. The van der Waals surface area contributed by atoms with Crippen LogP contribution in [-0.2, 0) is 11.8 Å². The highest BCUT2D eigenvalue weighted by Crippen LogP contribution is 2.27. The van der Waals surface area contributed by atoms with Crippen LogP contribution in [-0.4, -0.2) is 56.7 Å². The van der Waals surface area contributed by atoms with Gasteiger partial charge in [0.05, 0.1) is 24.0 Å². The van der Waals surface area contributed by atoms with Gasteiger partial charge in [0.1, 0.15) is 12.2 Å². The van der Waals surface area contributed by atoms with Crippen LogP contribution >= 0.6 is 0 Å². The first kappa shape index (κ1) is 19.6. The van der Waals surface area contributed by atoms with Crippen molar-refractivity contribution in [1.82, 2.24) is 24.6 Å². The summed E-state index contributed by atoms with van der Waals surface area (Å²) < 4.78 is 1.71. The Bertz CT molecular complexity index is 886. The molecule has 0 radical (unpaired) electrons. The van der Waals surface area contributed by atoms with Gasteiger partial charge in [-0.3, -0.25) is 9.48 Å². The van der Waals surface area contributed by atoms with Gasteiger partial charge in [0.15, 0.2) is 0 Å². The first-order valence-electron chi connectivity index (χ1n) is 9.36. The van der Waals surface area contributed by atoms with Crippen molar-refractivity contribution >= 4 is 23.4 Å². The quantitative estimate of drug-likeness (QED) is 0.842. The fourth-order valence-corrected chi connectivity index (χ4v) is 3.58. The SMILES string of the molecule is Cc1cnc(Nc2cnn(C)c2)nc1N(C)[C@H]1CN(C(=O)CC#N)CC[C@H]1C. The number of piperidine rings is 1. The van der Waals surface area contributed by atoms with Crippen LogP contribution in [0.2, 0.25) is 0 Å². The predicted molar refractivity (Wildman–Crippen MR) is 106 cm³/mol.